The van der Waals surface area contributed by atoms with Crippen LogP contribution in [0.2, 0.25) is 0 Å². The van der Waals surface area contributed by atoms with E-state index >= 15 is 0 Å². The molecule has 0 aliphatic carbocycles. The van der Waals surface area contributed by atoms with Crippen LogP contribution in [0.5, 0.6) is 0 Å². The van der Waals surface area contributed by atoms with Gasteiger partial charge in [-0.2, -0.15) is 0 Å². The quantitative estimate of drug-likeness (QED) is 0.633. The predicted molar refractivity (Wildman–Crippen MR) is 61.2 cm³/mol. The summed E-state index contributed by atoms with van der Waals surface area (Å²) in [7, 11) is 0. The van der Waals surface area contributed by atoms with Gasteiger partial charge >= 0.3 is 0 Å². The van der Waals surface area contributed by atoms with E-state index in [-0.39, 0.29) is 17.8 Å². The highest BCUT2D eigenvalue weighted by Gasteiger charge is 2.17. The molecule has 0 aliphatic rings. The fourth-order valence-electron chi connectivity index (χ4n) is 1.24. The summed E-state index contributed by atoms with van der Waals surface area (Å²) in [5, 5.41) is 0. The Labute approximate surface area is 85.7 Å². The van der Waals surface area contributed by atoms with E-state index in [0.29, 0.717) is 11.4 Å². The highest BCUT2D eigenvalue weighted by Crippen LogP contribution is 2.30. The van der Waals surface area contributed by atoms with Gasteiger partial charge in [0.25, 0.3) is 0 Å². The van der Waals surface area contributed by atoms with E-state index < -0.39 is 0 Å². The van der Waals surface area contributed by atoms with Gasteiger partial charge in [0, 0.05) is 0 Å². The van der Waals surface area contributed by atoms with Crippen molar-refractivity contribution >= 4 is 23.8 Å². The van der Waals surface area contributed by atoms with Crippen LogP contribution in [0.4, 0.5) is 11.4 Å². The molecule has 1 aromatic carbocycles. The lowest BCUT2D eigenvalue weighted by Crippen LogP contribution is -2.14. The molecule has 13 heavy (non-hydrogen) atoms. The van der Waals surface area contributed by atoms with Gasteiger partial charge in [0.1, 0.15) is 0 Å². The summed E-state index contributed by atoms with van der Waals surface area (Å²) in [4.78, 5) is 0. The van der Waals surface area contributed by atoms with Crippen LogP contribution in [0.3, 0.4) is 0 Å². The molecule has 3 heteroatoms. The van der Waals surface area contributed by atoms with Crippen molar-refractivity contribution in [2.24, 2.45) is 0 Å². The zero-order valence-corrected chi connectivity index (χ0v) is 9.11. The molecule has 1 aromatic rings. The summed E-state index contributed by atoms with van der Waals surface area (Å²) in [5.74, 6) is 0. The van der Waals surface area contributed by atoms with E-state index in [1.165, 1.54) is 0 Å². The number of hydrogen-bond acceptors (Lipinski definition) is 2. The van der Waals surface area contributed by atoms with Gasteiger partial charge in [-0.25, -0.2) is 0 Å². The van der Waals surface area contributed by atoms with Crippen LogP contribution in [0.25, 0.3) is 0 Å². The van der Waals surface area contributed by atoms with Crippen molar-refractivity contribution in [2.45, 2.75) is 26.2 Å². The second-order valence-electron chi connectivity index (χ2n) is 4.06. The molecule has 0 unspecified atom stereocenters. The Morgan fingerprint density at radius 3 is 2.00 bits per heavy atom. The number of benzene rings is 1. The lowest BCUT2D eigenvalue weighted by Gasteiger charge is -2.21. The van der Waals surface area contributed by atoms with Crippen LogP contribution in [-0.2, 0) is 5.41 Å². The number of halogens is 1. The van der Waals surface area contributed by atoms with Gasteiger partial charge in [-0.05, 0) is 17.0 Å². The summed E-state index contributed by atoms with van der Waals surface area (Å²) < 4.78 is 0. The van der Waals surface area contributed by atoms with Crippen LogP contribution >= 0.6 is 12.4 Å². The number of para-hydroxylation sites is 1. The molecule has 0 heterocycles. The summed E-state index contributed by atoms with van der Waals surface area (Å²) in [6.45, 7) is 6.37. The Balaban J connectivity index is 0.00000144. The van der Waals surface area contributed by atoms with E-state index in [9.17, 15) is 0 Å². The zero-order chi connectivity index (χ0) is 9.35. The average molecular weight is 201 g/mol. The van der Waals surface area contributed by atoms with E-state index in [1.54, 1.807) is 0 Å². The third-order valence-corrected chi connectivity index (χ3v) is 1.95. The second-order valence-corrected chi connectivity index (χ2v) is 4.06. The van der Waals surface area contributed by atoms with Gasteiger partial charge < -0.3 is 11.5 Å². The van der Waals surface area contributed by atoms with Crippen LogP contribution < -0.4 is 11.5 Å². The molecular formula is C10H17ClN2. The minimum atomic E-state index is 0. The first kappa shape index (κ1) is 12.1. The minimum absolute atomic E-state index is 0. The third kappa shape index (κ3) is 2.52. The summed E-state index contributed by atoms with van der Waals surface area (Å²) >= 11 is 0. The van der Waals surface area contributed by atoms with E-state index in [2.05, 4.69) is 20.8 Å². The van der Waals surface area contributed by atoms with Gasteiger partial charge in [0.15, 0.2) is 0 Å². The van der Waals surface area contributed by atoms with Crippen LogP contribution in [0.1, 0.15) is 26.3 Å². The van der Waals surface area contributed by atoms with E-state index in [4.69, 9.17) is 11.5 Å². The molecule has 0 radical (unpaired) electrons. The average Bonchev–Trinajstić information content (AvgIpc) is 1.92. The van der Waals surface area contributed by atoms with Crippen LogP contribution in [0, 0.1) is 0 Å². The largest absolute Gasteiger partial charge is 0.397 e. The molecular weight excluding hydrogens is 184 g/mol. The number of anilines is 2. The molecule has 2 nitrogen and oxygen atoms in total. The summed E-state index contributed by atoms with van der Waals surface area (Å²) in [6, 6.07) is 5.78. The molecule has 74 valence electrons. The van der Waals surface area contributed by atoms with Gasteiger partial charge in [-0.3, -0.25) is 0 Å². The lowest BCUT2D eigenvalue weighted by molar-refractivity contribution is 0.593. The van der Waals surface area contributed by atoms with Crippen molar-refractivity contribution in [3.05, 3.63) is 23.8 Å². The first-order chi connectivity index (χ1) is 5.43. The fourth-order valence-corrected chi connectivity index (χ4v) is 1.24. The predicted octanol–water partition coefficient (Wildman–Crippen LogP) is 2.57. The number of hydrogen-bond donors (Lipinski definition) is 2. The Kier molecular flexibility index (Phi) is 3.61. The van der Waals surface area contributed by atoms with Crippen molar-refractivity contribution in [1.29, 1.82) is 0 Å². The van der Waals surface area contributed by atoms with E-state index in [1.807, 2.05) is 18.2 Å². The van der Waals surface area contributed by atoms with Crippen molar-refractivity contribution in [2.75, 3.05) is 11.5 Å². The minimum Gasteiger partial charge on any atom is -0.397 e. The first-order valence-corrected chi connectivity index (χ1v) is 4.07. The van der Waals surface area contributed by atoms with Crippen molar-refractivity contribution in [1.82, 2.24) is 0 Å². The number of rotatable bonds is 0. The molecule has 0 saturated carbocycles. The summed E-state index contributed by atoms with van der Waals surface area (Å²) in [6.07, 6.45) is 0. The molecule has 0 fully saturated rings. The van der Waals surface area contributed by atoms with Gasteiger partial charge in [0.2, 0.25) is 0 Å². The maximum absolute atomic E-state index is 5.84. The molecule has 1 rings (SSSR count). The van der Waals surface area contributed by atoms with E-state index in [0.717, 1.165) is 5.56 Å². The van der Waals surface area contributed by atoms with Crippen LogP contribution in [0.15, 0.2) is 18.2 Å². The first-order valence-electron chi connectivity index (χ1n) is 4.07. The van der Waals surface area contributed by atoms with Crippen molar-refractivity contribution in [3.63, 3.8) is 0 Å². The maximum atomic E-state index is 5.84. The lowest BCUT2D eigenvalue weighted by atomic mass is 9.85. The highest BCUT2D eigenvalue weighted by atomic mass is 35.5. The third-order valence-electron chi connectivity index (χ3n) is 1.95. The normalized spacial score (nSPS) is 10.7. The monoisotopic (exact) mass is 200 g/mol. The molecule has 4 N–H and O–H groups in total. The maximum Gasteiger partial charge on any atom is 0.0585 e. The SMILES string of the molecule is CC(C)(C)c1cccc(N)c1N.Cl. The molecule has 0 saturated heterocycles. The second kappa shape index (κ2) is 3.88. The molecule has 0 amide bonds. The van der Waals surface area contributed by atoms with Crippen molar-refractivity contribution < 1.29 is 0 Å². The molecule has 0 aromatic heterocycles. The van der Waals surface area contributed by atoms with Gasteiger partial charge in [-0.15, -0.1) is 12.4 Å². The fraction of sp³-hybridized carbons (Fsp3) is 0.400. The smallest absolute Gasteiger partial charge is 0.0585 e. The zero-order valence-electron chi connectivity index (χ0n) is 8.29. The molecule has 0 atom stereocenters. The Hall–Kier alpha value is -0.890. The number of nitrogens with two attached hydrogens (primary N) is 2. The standard InChI is InChI=1S/C10H16N2.ClH/c1-10(2,3)7-5-4-6-8(11)9(7)12;/h4-6H,11-12H2,1-3H3;1H. The van der Waals surface area contributed by atoms with Gasteiger partial charge in [0.05, 0.1) is 11.4 Å². The topological polar surface area (TPSA) is 52.0 Å². The molecule has 0 bridgehead atoms. The Morgan fingerprint density at radius 2 is 1.62 bits per heavy atom. The Morgan fingerprint density at radius 1 is 1.08 bits per heavy atom. The highest BCUT2D eigenvalue weighted by molar-refractivity contribution is 5.85. The van der Waals surface area contributed by atoms with Gasteiger partial charge in [-0.1, -0.05) is 32.9 Å². The molecule has 0 aliphatic heterocycles. The molecule has 0 spiro atoms. The Bertz CT molecular complexity index is 289. The van der Waals surface area contributed by atoms with Crippen LogP contribution in [-0.4, -0.2) is 0 Å². The summed E-state index contributed by atoms with van der Waals surface area (Å²) in [5.41, 5.74) is 14.1. The van der Waals surface area contributed by atoms with Crippen molar-refractivity contribution in [3.8, 4) is 0 Å². The number of nitrogen functional groups attached to an aromatic ring is 2.